The molecule has 2 heterocycles. The molecule has 0 radical (unpaired) electrons. The van der Waals surface area contributed by atoms with E-state index in [4.69, 9.17) is 0 Å². The predicted molar refractivity (Wildman–Crippen MR) is 99.6 cm³/mol. The zero-order valence-electron chi connectivity index (χ0n) is 15.8. The molecule has 0 N–H and O–H groups in total. The van der Waals surface area contributed by atoms with E-state index in [2.05, 4.69) is 13.8 Å². The first-order valence-electron chi connectivity index (χ1n) is 9.28. The molecule has 0 bridgehead atoms. The first-order chi connectivity index (χ1) is 12.3. The van der Waals surface area contributed by atoms with E-state index in [0.29, 0.717) is 32.1 Å². The predicted octanol–water partition coefficient (Wildman–Crippen LogP) is 1.67. The lowest BCUT2D eigenvalue weighted by molar-refractivity contribution is -0.140. The molecule has 2 fully saturated rings. The van der Waals surface area contributed by atoms with E-state index < -0.39 is 0 Å². The second kappa shape index (κ2) is 7.48. The first kappa shape index (κ1) is 18.4. The van der Waals surface area contributed by atoms with Gasteiger partial charge in [0, 0.05) is 38.3 Å². The monoisotopic (exact) mass is 357 g/mol. The molecule has 140 valence electrons. The van der Waals surface area contributed by atoms with Crippen molar-refractivity contribution in [3.8, 4) is 0 Å². The van der Waals surface area contributed by atoms with Crippen LogP contribution in [0.3, 0.4) is 0 Å². The molecule has 0 aliphatic carbocycles. The van der Waals surface area contributed by atoms with Crippen molar-refractivity contribution in [3.05, 3.63) is 29.8 Å². The van der Waals surface area contributed by atoms with Crippen LogP contribution in [0.15, 0.2) is 24.3 Å². The van der Waals surface area contributed by atoms with E-state index in [1.165, 1.54) is 0 Å². The summed E-state index contributed by atoms with van der Waals surface area (Å²) in [6, 6.07) is 7.83. The van der Waals surface area contributed by atoms with Crippen LogP contribution in [0.5, 0.6) is 0 Å². The lowest BCUT2D eigenvalue weighted by Crippen LogP contribution is -2.54. The van der Waals surface area contributed by atoms with Gasteiger partial charge in [0.25, 0.3) is 0 Å². The zero-order valence-corrected chi connectivity index (χ0v) is 15.8. The van der Waals surface area contributed by atoms with Gasteiger partial charge in [-0.1, -0.05) is 31.5 Å². The fourth-order valence-corrected chi connectivity index (χ4v) is 3.67. The van der Waals surface area contributed by atoms with Crippen LogP contribution in [-0.4, -0.2) is 60.2 Å². The molecule has 0 aromatic heterocycles. The highest BCUT2D eigenvalue weighted by Gasteiger charge is 2.38. The third-order valence-electron chi connectivity index (χ3n) is 5.03. The van der Waals surface area contributed by atoms with E-state index in [1.807, 2.05) is 31.2 Å². The van der Waals surface area contributed by atoms with Crippen LogP contribution >= 0.6 is 0 Å². The molecule has 6 nitrogen and oxygen atoms in total. The fraction of sp³-hybridized carbons (Fsp3) is 0.550. The van der Waals surface area contributed by atoms with Crippen LogP contribution in [0.1, 0.15) is 25.8 Å². The molecule has 3 rings (SSSR count). The highest BCUT2D eigenvalue weighted by Crippen LogP contribution is 2.23. The fourth-order valence-electron chi connectivity index (χ4n) is 3.67. The molecule has 1 aromatic carbocycles. The smallest absolute Gasteiger partial charge is 0.246 e. The van der Waals surface area contributed by atoms with Crippen LogP contribution in [0.2, 0.25) is 0 Å². The van der Waals surface area contributed by atoms with E-state index in [9.17, 15) is 14.4 Å². The molecule has 3 amide bonds. The third-order valence-corrected chi connectivity index (χ3v) is 5.03. The van der Waals surface area contributed by atoms with Gasteiger partial charge in [0.15, 0.2) is 0 Å². The minimum absolute atomic E-state index is 0.0432. The highest BCUT2D eigenvalue weighted by molar-refractivity contribution is 5.99. The van der Waals surface area contributed by atoms with Crippen LogP contribution in [0.25, 0.3) is 0 Å². The normalized spacial score (nSPS) is 21.1. The molecule has 0 saturated carbocycles. The van der Waals surface area contributed by atoms with Crippen molar-refractivity contribution in [1.82, 2.24) is 9.80 Å². The summed E-state index contributed by atoms with van der Waals surface area (Å²) in [7, 11) is 0. The maximum absolute atomic E-state index is 12.8. The topological polar surface area (TPSA) is 60.9 Å². The summed E-state index contributed by atoms with van der Waals surface area (Å²) in [6.07, 6.45) is 0.262. The van der Waals surface area contributed by atoms with E-state index >= 15 is 0 Å². The number of carbonyl (C=O) groups excluding carboxylic acids is 3. The molecule has 1 aromatic rings. The molecule has 2 aliphatic heterocycles. The SMILES string of the molecule is Cc1ccc(N2CCN(C(=O)[C@@H]3CC(=O)N(CC(C)C)C3)CC2=O)cc1. The summed E-state index contributed by atoms with van der Waals surface area (Å²) in [6.45, 7) is 8.37. The van der Waals surface area contributed by atoms with Crippen molar-refractivity contribution >= 4 is 23.4 Å². The number of carbonyl (C=O) groups is 3. The summed E-state index contributed by atoms with van der Waals surface area (Å²) >= 11 is 0. The number of amides is 3. The van der Waals surface area contributed by atoms with Gasteiger partial charge in [-0.15, -0.1) is 0 Å². The number of anilines is 1. The average molecular weight is 357 g/mol. The largest absolute Gasteiger partial charge is 0.342 e. The number of nitrogens with zero attached hydrogens (tertiary/aromatic N) is 3. The van der Waals surface area contributed by atoms with E-state index in [-0.39, 0.29) is 36.6 Å². The van der Waals surface area contributed by atoms with Crippen molar-refractivity contribution in [2.75, 3.05) is 37.6 Å². The Morgan fingerprint density at radius 3 is 2.42 bits per heavy atom. The van der Waals surface area contributed by atoms with Gasteiger partial charge in [-0.3, -0.25) is 14.4 Å². The number of benzene rings is 1. The Morgan fingerprint density at radius 2 is 1.81 bits per heavy atom. The number of hydrogen-bond acceptors (Lipinski definition) is 3. The maximum atomic E-state index is 12.8. The van der Waals surface area contributed by atoms with Gasteiger partial charge in [-0.05, 0) is 25.0 Å². The Hall–Kier alpha value is -2.37. The third kappa shape index (κ3) is 3.89. The van der Waals surface area contributed by atoms with Gasteiger partial charge in [0.05, 0.1) is 5.92 Å². The zero-order chi connectivity index (χ0) is 18.8. The van der Waals surface area contributed by atoms with Crippen molar-refractivity contribution < 1.29 is 14.4 Å². The lowest BCUT2D eigenvalue weighted by Gasteiger charge is -2.35. The van der Waals surface area contributed by atoms with E-state index in [1.54, 1.807) is 14.7 Å². The molecule has 6 heteroatoms. The van der Waals surface area contributed by atoms with Crippen molar-refractivity contribution in [2.45, 2.75) is 27.2 Å². The van der Waals surface area contributed by atoms with Crippen LogP contribution in [0.4, 0.5) is 5.69 Å². The van der Waals surface area contributed by atoms with Gasteiger partial charge in [0.1, 0.15) is 6.54 Å². The minimum Gasteiger partial charge on any atom is -0.342 e. The average Bonchev–Trinajstić information content (AvgIpc) is 2.95. The Balaban J connectivity index is 1.60. The molecule has 0 unspecified atom stereocenters. The lowest BCUT2D eigenvalue weighted by atomic mass is 10.1. The summed E-state index contributed by atoms with van der Waals surface area (Å²) in [5.74, 6) is -0.0348. The Bertz CT molecular complexity index is 699. The number of piperazine rings is 1. The van der Waals surface area contributed by atoms with Gasteiger partial charge >= 0.3 is 0 Å². The highest BCUT2D eigenvalue weighted by atomic mass is 16.2. The van der Waals surface area contributed by atoms with Crippen molar-refractivity contribution in [3.63, 3.8) is 0 Å². The van der Waals surface area contributed by atoms with Gasteiger partial charge < -0.3 is 14.7 Å². The van der Waals surface area contributed by atoms with Crippen molar-refractivity contribution in [1.29, 1.82) is 0 Å². The van der Waals surface area contributed by atoms with Crippen LogP contribution in [-0.2, 0) is 14.4 Å². The molecule has 2 saturated heterocycles. The van der Waals surface area contributed by atoms with Gasteiger partial charge in [0.2, 0.25) is 17.7 Å². The number of rotatable bonds is 4. The molecular weight excluding hydrogens is 330 g/mol. The number of hydrogen-bond donors (Lipinski definition) is 0. The summed E-state index contributed by atoms with van der Waals surface area (Å²) < 4.78 is 0. The summed E-state index contributed by atoms with van der Waals surface area (Å²) in [4.78, 5) is 42.6. The van der Waals surface area contributed by atoms with Crippen LogP contribution in [0, 0.1) is 18.8 Å². The molecule has 0 spiro atoms. The first-order valence-corrected chi connectivity index (χ1v) is 9.28. The summed E-state index contributed by atoms with van der Waals surface area (Å²) in [5, 5.41) is 0. The molecule has 2 aliphatic rings. The number of likely N-dealkylation sites (tertiary alicyclic amines) is 1. The standard InChI is InChI=1S/C20H27N3O3/c1-14(2)11-22-12-16(10-18(22)24)20(26)21-8-9-23(19(25)13-21)17-6-4-15(3)5-7-17/h4-7,14,16H,8-13H2,1-3H3/t16-/m1/s1. The minimum atomic E-state index is -0.319. The second-order valence-electron chi connectivity index (χ2n) is 7.73. The molecule has 26 heavy (non-hydrogen) atoms. The van der Waals surface area contributed by atoms with Gasteiger partial charge in [-0.2, -0.15) is 0 Å². The Morgan fingerprint density at radius 1 is 1.12 bits per heavy atom. The second-order valence-corrected chi connectivity index (χ2v) is 7.73. The molecule has 1 atom stereocenters. The summed E-state index contributed by atoms with van der Waals surface area (Å²) in [5.41, 5.74) is 2.01. The van der Waals surface area contributed by atoms with Gasteiger partial charge in [-0.25, -0.2) is 0 Å². The van der Waals surface area contributed by atoms with Crippen LogP contribution < -0.4 is 4.90 Å². The Labute approximate surface area is 154 Å². The number of aryl methyl sites for hydroxylation is 1. The Kier molecular flexibility index (Phi) is 5.30. The quantitative estimate of drug-likeness (QED) is 0.824. The maximum Gasteiger partial charge on any atom is 0.246 e. The van der Waals surface area contributed by atoms with Crippen molar-refractivity contribution in [2.24, 2.45) is 11.8 Å². The van der Waals surface area contributed by atoms with E-state index in [0.717, 1.165) is 11.3 Å². The molecular formula is C20H27N3O3.